The van der Waals surface area contributed by atoms with Crippen LogP contribution in [0.25, 0.3) is 0 Å². The molecular weight excluding hydrogens is 386 g/mol. The molecule has 0 atom stereocenters. The van der Waals surface area contributed by atoms with E-state index < -0.39 is 0 Å². The van der Waals surface area contributed by atoms with Crippen LogP contribution in [-0.2, 0) is 11.2 Å². The average molecular weight is 405 g/mol. The van der Waals surface area contributed by atoms with Gasteiger partial charge >= 0.3 is 0 Å². The monoisotopic (exact) mass is 405 g/mol. The minimum absolute atomic E-state index is 0.00154. The molecule has 146 valence electrons. The molecule has 3 aromatic rings. The van der Waals surface area contributed by atoms with E-state index in [1.807, 2.05) is 17.5 Å². The van der Waals surface area contributed by atoms with Crippen LogP contribution in [0.5, 0.6) is 0 Å². The SMILES string of the molecule is CN(C(=O)c1cccs1)c1ccccc1C(=O)Nc1ccc2c(c1)CCC(=O)N2. The van der Waals surface area contributed by atoms with Gasteiger partial charge in [0.15, 0.2) is 0 Å². The van der Waals surface area contributed by atoms with Crippen LogP contribution in [0, 0.1) is 0 Å². The lowest BCUT2D eigenvalue weighted by Crippen LogP contribution is -2.28. The molecule has 2 N–H and O–H groups in total. The number of rotatable bonds is 4. The van der Waals surface area contributed by atoms with Gasteiger partial charge in [0.2, 0.25) is 5.91 Å². The van der Waals surface area contributed by atoms with Crippen molar-refractivity contribution in [3.05, 3.63) is 76.0 Å². The van der Waals surface area contributed by atoms with Crippen LogP contribution in [0.2, 0.25) is 0 Å². The fourth-order valence-corrected chi connectivity index (χ4v) is 3.99. The molecule has 2 aromatic carbocycles. The van der Waals surface area contributed by atoms with Crippen molar-refractivity contribution in [2.75, 3.05) is 22.6 Å². The third-order valence-corrected chi connectivity index (χ3v) is 5.66. The molecule has 29 heavy (non-hydrogen) atoms. The van der Waals surface area contributed by atoms with Crippen LogP contribution in [0.4, 0.5) is 17.1 Å². The van der Waals surface area contributed by atoms with Crippen molar-refractivity contribution >= 4 is 46.1 Å². The summed E-state index contributed by atoms with van der Waals surface area (Å²) in [6, 6.07) is 16.0. The topological polar surface area (TPSA) is 78.5 Å². The highest BCUT2D eigenvalue weighted by atomic mass is 32.1. The standard InChI is InChI=1S/C22H19N3O3S/c1-25(22(28)19-7-4-12-29-19)18-6-3-2-5-16(18)21(27)23-15-9-10-17-14(13-15)8-11-20(26)24-17/h2-7,9-10,12-13H,8,11H2,1H3,(H,23,27)(H,24,26). The summed E-state index contributed by atoms with van der Waals surface area (Å²) < 4.78 is 0. The van der Waals surface area contributed by atoms with Gasteiger partial charge in [0.1, 0.15) is 0 Å². The molecular formula is C22H19N3O3S. The van der Waals surface area contributed by atoms with E-state index in [9.17, 15) is 14.4 Å². The van der Waals surface area contributed by atoms with Crippen molar-refractivity contribution in [1.29, 1.82) is 0 Å². The van der Waals surface area contributed by atoms with E-state index in [4.69, 9.17) is 0 Å². The zero-order valence-corrected chi connectivity index (χ0v) is 16.6. The summed E-state index contributed by atoms with van der Waals surface area (Å²) >= 11 is 1.36. The van der Waals surface area contributed by atoms with E-state index in [2.05, 4.69) is 10.6 Å². The van der Waals surface area contributed by atoms with Crippen molar-refractivity contribution < 1.29 is 14.4 Å². The Hall–Kier alpha value is -3.45. The third-order valence-electron chi connectivity index (χ3n) is 4.81. The van der Waals surface area contributed by atoms with Gasteiger partial charge in [-0.2, -0.15) is 0 Å². The minimum atomic E-state index is -0.300. The molecule has 0 bridgehead atoms. The lowest BCUT2D eigenvalue weighted by molar-refractivity contribution is -0.116. The summed E-state index contributed by atoms with van der Waals surface area (Å²) in [4.78, 5) is 39.3. The fraction of sp³-hybridized carbons (Fsp3) is 0.136. The smallest absolute Gasteiger partial charge is 0.268 e. The molecule has 0 fully saturated rings. The first-order valence-electron chi connectivity index (χ1n) is 9.17. The molecule has 0 aliphatic carbocycles. The highest BCUT2D eigenvalue weighted by molar-refractivity contribution is 7.12. The number of carbonyl (C=O) groups excluding carboxylic acids is 3. The molecule has 4 rings (SSSR count). The predicted octanol–water partition coefficient (Wildman–Crippen LogP) is 4.16. The molecule has 1 aliphatic heterocycles. The number of amides is 3. The Labute approximate surface area is 172 Å². The number of thiophene rings is 1. The Morgan fingerprint density at radius 2 is 1.90 bits per heavy atom. The van der Waals surface area contributed by atoms with Gasteiger partial charge in [0, 0.05) is 24.8 Å². The predicted molar refractivity (Wildman–Crippen MR) is 115 cm³/mol. The van der Waals surface area contributed by atoms with E-state index in [0.717, 1.165) is 11.3 Å². The molecule has 3 amide bonds. The van der Waals surface area contributed by atoms with E-state index >= 15 is 0 Å². The van der Waals surface area contributed by atoms with Crippen molar-refractivity contribution in [3.63, 3.8) is 0 Å². The van der Waals surface area contributed by atoms with Crippen LogP contribution in [0.3, 0.4) is 0 Å². The van der Waals surface area contributed by atoms with E-state index in [1.54, 1.807) is 49.5 Å². The lowest BCUT2D eigenvalue weighted by Gasteiger charge is -2.20. The van der Waals surface area contributed by atoms with E-state index in [1.165, 1.54) is 16.2 Å². The summed E-state index contributed by atoms with van der Waals surface area (Å²) in [6.45, 7) is 0. The minimum Gasteiger partial charge on any atom is -0.326 e. The summed E-state index contributed by atoms with van der Waals surface area (Å²) in [5.41, 5.74) is 3.35. The number of anilines is 3. The first kappa shape index (κ1) is 18.9. The second kappa shape index (κ2) is 7.89. The molecule has 0 spiro atoms. The summed E-state index contributed by atoms with van der Waals surface area (Å²) in [5.74, 6) is -0.461. The van der Waals surface area contributed by atoms with Gasteiger partial charge in [-0.3, -0.25) is 14.4 Å². The van der Waals surface area contributed by atoms with Crippen molar-refractivity contribution in [3.8, 4) is 0 Å². The zero-order valence-electron chi connectivity index (χ0n) is 15.8. The van der Waals surface area contributed by atoms with Crippen LogP contribution in [-0.4, -0.2) is 24.8 Å². The zero-order chi connectivity index (χ0) is 20.4. The van der Waals surface area contributed by atoms with E-state index in [-0.39, 0.29) is 17.7 Å². The fourth-order valence-electron chi connectivity index (χ4n) is 3.29. The molecule has 0 saturated carbocycles. The number of aryl methyl sites for hydroxylation is 1. The molecule has 0 radical (unpaired) electrons. The molecule has 2 heterocycles. The highest BCUT2D eigenvalue weighted by Gasteiger charge is 2.21. The van der Waals surface area contributed by atoms with Crippen LogP contribution < -0.4 is 15.5 Å². The van der Waals surface area contributed by atoms with Gasteiger partial charge < -0.3 is 15.5 Å². The number of carbonyl (C=O) groups is 3. The van der Waals surface area contributed by atoms with Gasteiger partial charge in [-0.1, -0.05) is 18.2 Å². The van der Waals surface area contributed by atoms with Gasteiger partial charge in [0.25, 0.3) is 11.8 Å². The first-order chi connectivity index (χ1) is 14.0. The molecule has 0 saturated heterocycles. The number of fused-ring (bicyclic) bond motifs is 1. The first-order valence-corrected chi connectivity index (χ1v) is 10.1. The summed E-state index contributed by atoms with van der Waals surface area (Å²) in [7, 11) is 1.66. The normalized spacial score (nSPS) is 12.7. The number of nitrogens with one attached hydrogen (secondary N) is 2. The highest BCUT2D eigenvalue weighted by Crippen LogP contribution is 2.27. The van der Waals surface area contributed by atoms with Gasteiger partial charge in [-0.05, 0) is 53.8 Å². The van der Waals surface area contributed by atoms with Gasteiger partial charge in [-0.25, -0.2) is 0 Å². The van der Waals surface area contributed by atoms with Crippen LogP contribution >= 0.6 is 11.3 Å². The van der Waals surface area contributed by atoms with Crippen molar-refractivity contribution in [2.24, 2.45) is 0 Å². The number of nitrogens with zero attached hydrogens (tertiary/aromatic N) is 1. The Morgan fingerprint density at radius 3 is 2.69 bits per heavy atom. The van der Waals surface area contributed by atoms with Crippen molar-refractivity contribution in [1.82, 2.24) is 0 Å². The maximum atomic E-state index is 13.0. The second-order valence-corrected chi connectivity index (χ2v) is 7.68. The van der Waals surface area contributed by atoms with Crippen LogP contribution in [0.1, 0.15) is 32.0 Å². The molecule has 7 heteroatoms. The quantitative estimate of drug-likeness (QED) is 0.684. The molecule has 1 aliphatic rings. The van der Waals surface area contributed by atoms with Crippen LogP contribution in [0.15, 0.2) is 60.0 Å². The van der Waals surface area contributed by atoms with E-state index in [0.29, 0.717) is 34.7 Å². The maximum absolute atomic E-state index is 13.0. The number of hydrogen-bond acceptors (Lipinski definition) is 4. The lowest BCUT2D eigenvalue weighted by atomic mass is 10.0. The Morgan fingerprint density at radius 1 is 1.07 bits per heavy atom. The van der Waals surface area contributed by atoms with Gasteiger partial charge in [0.05, 0.1) is 16.1 Å². The number of benzene rings is 2. The maximum Gasteiger partial charge on any atom is 0.268 e. The summed E-state index contributed by atoms with van der Waals surface area (Å²) in [6.07, 6.45) is 1.07. The molecule has 0 unspecified atom stereocenters. The number of para-hydroxylation sites is 1. The third kappa shape index (κ3) is 3.90. The summed E-state index contributed by atoms with van der Waals surface area (Å²) in [5, 5.41) is 7.57. The molecule has 6 nitrogen and oxygen atoms in total. The van der Waals surface area contributed by atoms with Crippen molar-refractivity contribution in [2.45, 2.75) is 12.8 Å². The van der Waals surface area contributed by atoms with Gasteiger partial charge in [-0.15, -0.1) is 11.3 Å². The Balaban J connectivity index is 1.57. The Kier molecular flexibility index (Phi) is 5.14. The Bertz CT molecular complexity index is 1090. The largest absolute Gasteiger partial charge is 0.326 e. The number of hydrogen-bond donors (Lipinski definition) is 2. The second-order valence-electron chi connectivity index (χ2n) is 6.73. The average Bonchev–Trinajstić information content (AvgIpc) is 3.27. The molecule has 1 aromatic heterocycles.